The van der Waals surface area contributed by atoms with Gasteiger partial charge in [-0.1, -0.05) is 24.3 Å². The van der Waals surface area contributed by atoms with Crippen LogP contribution in [-0.2, 0) is 18.4 Å². The van der Waals surface area contributed by atoms with E-state index < -0.39 is 0 Å². The topological polar surface area (TPSA) is 38.9 Å². The third-order valence-electron chi connectivity index (χ3n) is 5.66. The zero-order valence-corrected chi connectivity index (χ0v) is 13.5. The lowest BCUT2D eigenvalue weighted by molar-refractivity contribution is 0.254. The predicted molar refractivity (Wildman–Crippen MR) is 87.5 cm³/mol. The molecule has 2 N–H and O–H groups in total. The van der Waals surface area contributed by atoms with Crippen molar-refractivity contribution in [1.29, 1.82) is 0 Å². The second-order valence-electron chi connectivity index (χ2n) is 6.74. The van der Waals surface area contributed by atoms with Crippen LogP contribution in [0.25, 0.3) is 0 Å². The number of aryl methyl sites for hydroxylation is 2. The monoisotopic (exact) mass is 298 g/mol. The van der Waals surface area contributed by atoms with E-state index in [4.69, 9.17) is 10.7 Å². The van der Waals surface area contributed by atoms with Crippen molar-refractivity contribution in [3.05, 3.63) is 51.0 Å². The van der Waals surface area contributed by atoms with Gasteiger partial charge in [-0.2, -0.15) is 0 Å². The van der Waals surface area contributed by atoms with Gasteiger partial charge in [-0.05, 0) is 62.5 Å². The fourth-order valence-electron chi connectivity index (χ4n) is 4.25. The third kappa shape index (κ3) is 1.91. The van der Waals surface area contributed by atoms with Gasteiger partial charge in [0.1, 0.15) is 5.01 Å². The highest BCUT2D eigenvalue weighted by Crippen LogP contribution is 2.52. The molecule has 4 rings (SSSR count). The van der Waals surface area contributed by atoms with Crippen LogP contribution in [0, 0.1) is 25.7 Å². The van der Waals surface area contributed by atoms with Gasteiger partial charge in [0.05, 0.1) is 11.2 Å². The van der Waals surface area contributed by atoms with E-state index in [0.717, 1.165) is 18.5 Å². The molecule has 0 spiro atoms. The maximum Gasteiger partial charge on any atom is 0.114 e. The summed E-state index contributed by atoms with van der Waals surface area (Å²) in [6.07, 6.45) is 4.71. The molecule has 2 atom stereocenters. The van der Waals surface area contributed by atoms with Crippen LogP contribution in [-0.4, -0.2) is 4.98 Å². The van der Waals surface area contributed by atoms with Crippen molar-refractivity contribution in [2.75, 3.05) is 0 Å². The zero-order valence-electron chi connectivity index (χ0n) is 12.7. The van der Waals surface area contributed by atoms with Gasteiger partial charge < -0.3 is 5.73 Å². The molecule has 21 heavy (non-hydrogen) atoms. The van der Waals surface area contributed by atoms with E-state index in [2.05, 4.69) is 38.1 Å². The Morgan fingerprint density at radius 3 is 2.14 bits per heavy atom. The first-order valence-electron chi connectivity index (χ1n) is 7.89. The molecule has 0 aliphatic heterocycles. The van der Waals surface area contributed by atoms with E-state index in [0.29, 0.717) is 11.8 Å². The fraction of sp³-hybridized carbons (Fsp3) is 0.500. The van der Waals surface area contributed by atoms with Crippen molar-refractivity contribution in [3.8, 4) is 0 Å². The lowest BCUT2D eigenvalue weighted by Gasteiger charge is -2.33. The first kappa shape index (κ1) is 13.5. The number of fused-ring (bicyclic) bond motifs is 3. The number of benzene rings is 1. The molecule has 1 aromatic heterocycles. The quantitative estimate of drug-likeness (QED) is 0.871. The van der Waals surface area contributed by atoms with Crippen LogP contribution in [0.4, 0.5) is 0 Å². The molecule has 3 heteroatoms. The fourth-order valence-corrected chi connectivity index (χ4v) is 5.43. The average molecular weight is 298 g/mol. The van der Waals surface area contributed by atoms with Crippen molar-refractivity contribution in [3.63, 3.8) is 0 Å². The Kier molecular flexibility index (Phi) is 2.98. The van der Waals surface area contributed by atoms with Gasteiger partial charge in [0.25, 0.3) is 0 Å². The molecule has 1 heterocycles. The third-order valence-corrected chi connectivity index (χ3v) is 6.90. The van der Waals surface area contributed by atoms with Crippen molar-refractivity contribution < 1.29 is 0 Å². The Hall–Kier alpha value is -1.19. The molecule has 1 aromatic carbocycles. The molecule has 2 aliphatic rings. The van der Waals surface area contributed by atoms with Crippen LogP contribution in [0.15, 0.2) is 24.3 Å². The average Bonchev–Trinajstić information content (AvgIpc) is 2.90. The SMILES string of the molecule is Cc1nc(C2(N)C3CCC2Cc2ccccc2C3)sc1C. The molecular weight excluding hydrogens is 276 g/mol. The summed E-state index contributed by atoms with van der Waals surface area (Å²) in [6.45, 7) is 4.26. The molecule has 2 aromatic rings. The second kappa shape index (κ2) is 4.65. The minimum Gasteiger partial charge on any atom is -0.319 e. The molecule has 0 radical (unpaired) electrons. The molecular formula is C18H22N2S. The van der Waals surface area contributed by atoms with Crippen molar-refractivity contribution >= 4 is 11.3 Å². The van der Waals surface area contributed by atoms with Crippen molar-refractivity contribution in [1.82, 2.24) is 4.98 Å². The molecule has 0 amide bonds. The highest BCUT2D eigenvalue weighted by atomic mass is 32.1. The molecule has 110 valence electrons. The number of nitrogens with two attached hydrogens (primary N) is 1. The lowest BCUT2D eigenvalue weighted by atomic mass is 9.80. The van der Waals surface area contributed by atoms with Gasteiger partial charge in [-0.25, -0.2) is 4.98 Å². The maximum absolute atomic E-state index is 7.04. The van der Waals surface area contributed by atoms with Crippen molar-refractivity contribution in [2.45, 2.75) is 45.1 Å². The lowest BCUT2D eigenvalue weighted by Crippen LogP contribution is -2.46. The molecule has 2 aliphatic carbocycles. The van der Waals surface area contributed by atoms with E-state index >= 15 is 0 Å². The second-order valence-corrected chi connectivity index (χ2v) is 7.94. The molecule has 0 saturated heterocycles. The number of nitrogens with zero attached hydrogens (tertiary/aromatic N) is 1. The van der Waals surface area contributed by atoms with Gasteiger partial charge >= 0.3 is 0 Å². The molecule has 2 bridgehead atoms. The Morgan fingerprint density at radius 1 is 1.10 bits per heavy atom. The number of hydrogen-bond donors (Lipinski definition) is 1. The summed E-state index contributed by atoms with van der Waals surface area (Å²) in [6, 6.07) is 8.89. The van der Waals surface area contributed by atoms with E-state index in [9.17, 15) is 0 Å². The molecule has 1 saturated carbocycles. The van der Waals surface area contributed by atoms with Crippen LogP contribution in [0.1, 0.15) is 39.5 Å². The largest absolute Gasteiger partial charge is 0.319 e. The number of rotatable bonds is 1. The summed E-state index contributed by atoms with van der Waals surface area (Å²) >= 11 is 1.82. The number of aromatic nitrogens is 1. The van der Waals surface area contributed by atoms with Gasteiger partial charge in [0, 0.05) is 4.88 Å². The predicted octanol–water partition coefficient (Wildman–Crippen LogP) is 3.74. The van der Waals surface area contributed by atoms with E-state index in [1.807, 2.05) is 11.3 Å². The Labute approximate surface area is 130 Å². The minimum atomic E-state index is -0.220. The van der Waals surface area contributed by atoms with Gasteiger partial charge in [0.15, 0.2) is 0 Å². The highest BCUT2D eigenvalue weighted by Gasteiger charge is 2.51. The molecule has 2 nitrogen and oxygen atoms in total. The Morgan fingerprint density at radius 2 is 1.67 bits per heavy atom. The summed E-state index contributed by atoms with van der Waals surface area (Å²) in [4.78, 5) is 6.16. The van der Waals surface area contributed by atoms with Gasteiger partial charge in [-0.3, -0.25) is 0 Å². The smallest absolute Gasteiger partial charge is 0.114 e. The van der Waals surface area contributed by atoms with Gasteiger partial charge in [-0.15, -0.1) is 11.3 Å². The molecule has 2 unspecified atom stereocenters. The van der Waals surface area contributed by atoms with Gasteiger partial charge in [0.2, 0.25) is 0 Å². The summed E-state index contributed by atoms with van der Waals surface area (Å²) in [7, 11) is 0. The van der Waals surface area contributed by atoms with Crippen LogP contribution in [0.3, 0.4) is 0 Å². The van der Waals surface area contributed by atoms with Crippen LogP contribution in [0.2, 0.25) is 0 Å². The van der Waals surface area contributed by atoms with Crippen molar-refractivity contribution in [2.24, 2.45) is 17.6 Å². The zero-order chi connectivity index (χ0) is 14.6. The Bertz CT molecular complexity index is 636. The van der Waals surface area contributed by atoms with E-state index in [1.54, 1.807) is 0 Å². The minimum absolute atomic E-state index is 0.220. The maximum atomic E-state index is 7.04. The van der Waals surface area contributed by atoms with Crippen LogP contribution >= 0.6 is 11.3 Å². The summed E-state index contributed by atoms with van der Waals surface area (Å²) in [5.74, 6) is 1.08. The van der Waals surface area contributed by atoms with E-state index in [-0.39, 0.29) is 5.54 Å². The molecule has 1 fully saturated rings. The first-order chi connectivity index (χ1) is 10.1. The summed E-state index contributed by atoms with van der Waals surface area (Å²) in [5.41, 5.74) is 11.0. The summed E-state index contributed by atoms with van der Waals surface area (Å²) in [5, 5.41) is 1.18. The normalized spacial score (nSPS) is 31.0. The first-order valence-corrected chi connectivity index (χ1v) is 8.71. The number of thiazole rings is 1. The highest BCUT2D eigenvalue weighted by molar-refractivity contribution is 7.11. The standard InChI is InChI=1S/C18H22N2S/c1-11-12(2)21-17(20-11)18(19)15-7-8-16(18)10-14-6-4-3-5-13(14)9-15/h3-6,15-16H,7-10,19H2,1-2H3. The Balaban J connectivity index is 1.81. The number of hydrogen-bond acceptors (Lipinski definition) is 3. The summed E-state index contributed by atoms with van der Waals surface area (Å²) < 4.78 is 0. The van der Waals surface area contributed by atoms with Crippen LogP contribution in [0.5, 0.6) is 0 Å². The van der Waals surface area contributed by atoms with E-state index in [1.165, 1.54) is 33.9 Å². The van der Waals surface area contributed by atoms with Crippen LogP contribution < -0.4 is 5.73 Å².